The molecule has 3 rings (SSSR count). The molecule has 3 aliphatic carbocycles. The summed E-state index contributed by atoms with van der Waals surface area (Å²) in [5.74, 6) is 3.59. The fourth-order valence-corrected chi connectivity index (χ4v) is 5.77. The smallest absolute Gasteiger partial charge is 0.158 e. The van der Waals surface area contributed by atoms with Crippen LogP contribution in [0.1, 0.15) is 59.8 Å². The molecule has 1 nitrogen and oxygen atoms in total. The van der Waals surface area contributed by atoms with Crippen molar-refractivity contribution in [2.75, 3.05) is 0 Å². The molecule has 0 amide bonds. The van der Waals surface area contributed by atoms with Gasteiger partial charge in [-0.3, -0.25) is 4.79 Å². The van der Waals surface area contributed by atoms with E-state index in [4.69, 9.17) is 0 Å². The highest BCUT2D eigenvalue weighted by molar-refractivity contribution is 5.96. The summed E-state index contributed by atoms with van der Waals surface area (Å²) < 4.78 is 0. The third kappa shape index (κ3) is 2.07. The molecule has 116 valence electrons. The minimum Gasteiger partial charge on any atom is -0.295 e. The lowest BCUT2D eigenvalue weighted by atomic mass is 9.54. The van der Waals surface area contributed by atoms with Crippen LogP contribution in [0.15, 0.2) is 23.8 Å². The molecule has 0 aromatic heterocycles. The number of ketones is 1. The molecule has 21 heavy (non-hydrogen) atoms. The molecular weight excluding hydrogens is 256 g/mol. The Morgan fingerprint density at radius 3 is 2.67 bits per heavy atom. The predicted molar refractivity (Wildman–Crippen MR) is 87.9 cm³/mol. The Bertz CT molecular complexity index is 498. The van der Waals surface area contributed by atoms with E-state index < -0.39 is 0 Å². The fraction of sp³-hybridized carbons (Fsp3) is 0.750. The Balaban J connectivity index is 2.16. The molecule has 0 aliphatic heterocycles. The van der Waals surface area contributed by atoms with Crippen molar-refractivity contribution in [1.82, 2.24) is 0 Å². The zero-order valence-electron chi connectivity index (χ0n) is 14.1. The van der Waals surface area contributed by atoms with Gasteiger partial charge in [-0.15, -0.1) is 0 Å². The van der Waals surface area contributed by atoms with Gasteiger partial charge < -0.3 is 0 Å². The Morgan fingerprint density at radius 2 is 2.00 bits per heavy atom. The van der Waals surface area contributed by atoms with Gasteiger partial charge in [0.05, 0.1) is 0 Å². The summed E-state index contributed by atoms with van der Waals surface area (Å²) in [6.07, 6.45) is 8.08. The van der Waals surface area contributed by atoms with Crippen molar-refractivity contribution in [3.63, 3.8) is 0 Å². The maximum atomic E-state index is 12.5. The first kappa shape index (κ1) is 15.1. The molecule has 2 unspecified atom stereocenters. The molecule has 0 N–H and O–H groups in total. The van der Waals surface area contributed by atoms with Gasteiger partial charge in [0, 0.05) is 6.42 Å². The SMILES string of the molecule is C=C1CC[C@H](C(C)C)[C@H]2C=C(C)C(=O)C[C@]23C(C)CCC13. The van der Waals surface area contributed by atoms with Gasteiger partial charge in [-0.1, -0.05) is 39.0 Å². The minimum atomic E-state index is 0.180. The van der Waals surface area contributed by atoms with Crippen LogP contribution in [-0.4, -0.2) is 5.78 Å². The lowest BCUT2D eigenvalue weighted by molar-refractivity contribution is -0.122. The first-order valence-corrected chi connectivity index (χ1v) is 8.77. The fourth-order valence-electron chi connectivity index (χ4n) is 5.77. The molecule has 0 heterocycles. The van der Waals surface area contributed by atoms with Crippen LogP contribution in [0, 0.1) is 35.0 Å². The average Bonchev–Trinajstić information content (AvgIpc) is 2.66. The van der Waals surface area contributed by atoms with Crippen LogP contribution in [0.3, 0.4) is 0 Å². The van der Waals surface area contributed by atoms with Gasteiger partial charge in [0.25, 0.3) is 0 Å². The highest BCUT2D eigenvalue weighted by atomic mass is 16.1. The van der Waals surface area contributed by atoms with Crippen molar-refractivity contribution >= 4 is 5.78 Å². The number of allylic oxidation sites excluding steroid dienone is 3. The minimum absolute atomic E-state index is 0.180. The van der Waals surface area contributed by atoms with E-state index in [1.165, 1.54) is 31.3 Å². The first-order chi connectivity index (χ1) is 9.87. The van der Waals surface area contributed by atoms with Gasteiger partial charge >= 0.3 is 0 Å². The van der Waals surface area contributed by atoms with Crippen molar-refractivity contribution < 1.29 is 4.79 Å². The van der Waals surface area contributed by atoms with E-state index in [0.29, 0.717) is 35.4 Å². The van der Waals surface area contributed by atoms with Crippen LogP contribution in [0.25, 0.3) is 0 Å². The number of carbonyl (C=O) groups excluding carboxylic acids is 1. The largest absolute Gasteiger partial charge is 0.295 e. The van der Waals surface area contributed by atoms with Crippen molar-refractivity contribution in [3.05, 3.63) is 23.8 Å². The summed E-state index contributed by atoms with van der Waals surface area (Å²) in [6, 6.07) is 0. The van der Waals surface area contributed by atoms with Crippen LogP contribution < -0.4 is 0 Å². The predicted octanol–water partition coefficient (Wildman–Crippen LogP) is 5.18. The summed E-state index contributed by atoms with van der Waals surface area (Å²) in [6.45, 7) is 13.6. The summed E-state index contributed by atoms with van der Waals surface area (Å²) in [4.78, 5) is 12.5. The summed E-state index contributed by atoms with van der Waals surface area (Å²) in [5.41, 5.74) is 2.63. The standard InChI is InChI=1S/C20H30O/c1-12(2)16-8-6-13(3)17-9-7-15(5)20(17)11-19(21)14(4)10-18(16)20/h10,12,15-18H,3,6-9,11H2,1-2,4-5H3/t15?,16-,17?,18-,20-/m1/s1. The molecule has 3 aliphatic rings. The van der Waals surface area contributed by atoms with E-state index in [1.807, 2.05) is 6.92 Å². The average molecular weight is 286 g/mol. The van der Waals surface area contributed by atoms with Gasteiger partial charge in [0.1, 0.15) is 0 Å². The molecule has 2 saturated carbocycles. The number of rotatable bonds is 1. The monoisotopic (exact) mass is 286 g/mol. The van der Waals surface area contributed by atoms with E-state index in [9.17, 15) is 4.79 Å². The number of hydrogen-bond acceptors (Lipinski definition) is 1. The van der Waals surface area contributed by atoms with E-state index in [1.54, 1.807) is 0 Å². The van der Waals surface area contributed by atoms with E-state index in [2.05, 4.69) is 33.4 Å². The maximum absolute atomic E-state index is 12.5. The molecule has 0 radical (unpaired) electrons. The second kappa shape index (κ2) is 5.11. The Morgan fingerprint density at radius 1 is 1.29 bits per heavy atom. The van der Waals surface area contributed by atoms with Gasteiger partial charge in [-0.2, -0.15) is 0 Å². The van der Waals surface area contributed by atoms with Crippen LogP contribution in [-0.2, 0) is 4.79 Å². The van der Waals surface area contributed by atoms with Crippen LogP contribution in [0.2, 0.25) is 0 Å². The van der Waals surface area contributed by atoms with Gasteiger partial charge in [0.2, 0.25) is 0 Å². The summed E-state index contributed by atoms with van der Waals surface area (Å²) in [7, 11) is 0. The van der Waals surface area contributed by atoms with Crippen molar-refractivity contribution in [2.45, 2.75) is 59.8 Å². The number of hydrogen-bond donors (Lipinski definition) is 0. The molecule has 5 atom stereocenters. The number of Topliss-reactive ketones (excluding diaryl/α,β-unsaturated/α-hetero) is 1. The van der Waals surface area contributed by atoms with Crippen molar-refractivity contribution in [2.24, 2.45) is 35.0 Å². The van der Waals surface area contributed by atoms with E-state index in [-0.39, 0.29) is 5.41 Å². The maximum Gasteiger partial charge on any atom is 0.158 e. The second-order valence-corrected chi connectivity index (χ2v) is 8.22. The quantitative estimate of drug-likeness (QED) is 0.607. The Labute approximate surface area is 129 Å². The second-order valence-electron chi connectivity index (χ2n) is 8.22. The highest BCUT2D eigenvalue weighted by Crippen LogP contribution is 2.64. The third-order valence-corrected chi connectivity index (χ3v) is 7.02. The lowest BCUT2D eigenvalue weighted by Crippen LogP contribution is -2.46. The molecule has 2 fully saturated rings. The van der Waals surface area contributed by atoms with Crippen molar-refractivity contribution in [3.8, 4) is 0 Å². The normalized spacial score (nSPS) is 43.4. The van der Waals surface area contributed by atoms with E-state index in [0.717, 1.165) is 12.0 Å². The zero-order chi connectivity index (χ0) is 15.4. The van der Waals surface area contributed by atoms with Crippen LogP contribution >= 0.6 is 0 Å². The molecule has 0 bridgehead atoms. The lowest BCUT2D eigenvalue weighted by Gasteiger charge is -2.49. The molecule has 1 heteroatoms. The summed E-state index contributed by atoms with van der Waals surface area (Å²) in [5, 5.41) is 0. The summed E-state index contributed by atoms with van der Waals surface area (Å²) >= 11 is 0. The van der Waals surface area contributed by atoms with Crippen molar-refractivity contribution in [1.29, 1.82) is 0 Å². The van der Waals surface area contributed by atoms with Gasteiger partial charge in [-0.05, 0) is 73.2 Å². The molecule has 0 aromatic rings. The van der Waals surface area contributed by atoms with Crippen LogP contribution in [0.4, 0.5) is 0 Å². The molecule has 1 spiro atoms. The van der Waals surface area contributed by atoms with Crippen LogP contribution in [0.5, 0.6) is 0 Å². The Kier molecular flexibility index (Phi) is 3.66. The topological polar surface area (TPSA) is 17.1 Å². The third-order valence-electron chi connectivity index (χ3n) is 7.02. The Hall–Kier alpha value is -0.850. The molecular formula is C20H30O. The van der Waals surface area contributed by atoms with Gasteiger partial charge in [0.15, 0.2) is 5.78 Å². The number of carbonyl (C=O) groups is 1. The van der Waals surface area contributed by atoms with E-state index >= 15 is 0 Å². The van der Waals surface area contributed by atoms with Gasteiger partial charge in [-0.25, -0.2) is 0 Å². The highest BCUT2D eigenvalue weighted by Gasteiger charge is 2.58. The zero-order valence-corrected chi connectivity index (χ0v) is 14.1. The first-order valence-electron chi connectivity index (χ1n) is 8.77. The molecule has 0 aromatic carbocycles. The molecule has 0 saturated heterocycles.